The number of ether oxygens (including phenoxy) is 1. The predicted molar refractivity (Wildman–Crippen MR) is 118 cm³/mol. The molecule has 0 aromatic rings. The monoisotopic (exact) mass is 415 g/mol. The van der Waals surface area contributed by atoms with Crippen molar-refractivity contribution < 1.29 is 14.6 Å². The summed E-state index contributed by atoms with van der Waals surface area (Å²) >= 11 is 0. The Bertz CT molecular complexity index is 713. The smallest absolute Gasteiger partial charge is 0.225 e. The Hall–Kier alpha value is -0.870. The number of allylic oxidation sites excluding steroid dienone is 1. The summed E-state index contributed by atoms with van der Waals surface area (Å²) < 4.78 is 5.46. The minimum Gasteiger partial charge on any atom is -0.393 e. The third-order valence-corrected chi connectivity index (χ3v) is 10.5. The zero-order valence-electron chi connectivity index (χ0n) is 19.2. The van der Waals surface area contributed by atoms with E-state index in [9.17, 15) is 9.90 Å². The van der Waals surface area contributed by atoms with Gasteiger partial charge in [0.1, 0.15) is 0 Å². The molecule has 0 bridgehead atoms. The van der Waals surface area contributed by atoms with Crippen LogP contribution in [-0.4, -0.2) is 48.3 Å². The van der Waals surface area contributed by atoms with Crippen molar-refractivity contribution in [2.75, 3.05) is 26.3 Å². The molecule has 0 aromatic carbocycles. The molecule has 4 heteroatoms. The molecule has 8 atom stereocenters. The quantitative estimate of drug-likeness (QED) is 0.679. The molecule has 0 radical (unpaired) electrons. The lowest BCUT2D eigenvalue weighted by atomic mass is 9.47. The number of carbonyl (C=O) groups is 1. The van der Waals surface area contributed by atoms with Crippen LogP contribution in [0.5, 0.6) is 0 Å². The van der Waals surface area contributed by atoms with Crippen LogP contribution in [0.1, 0.15) is 72.1 Å². The number of aliphatic hydroxyl groups is 1. The summed E-state index contributed by atoms with van der Waals surface area (Å²) in [6, 6.07) is 0. The summed E-state index contributed by atoms with van der Waals surface area (Å²) in [4.78, 5) is 15.3. The second-order valence-electron chi connectivity index (χ2n) is 11.6. The first-order chi connectivity index (χ1) is 14.3. The molecule has 168 valence electrons. The first kappa shape index (κ1) is 21.0. The SMILES string of the molecule is CC(C(=O)N1CCOCC1)C1CCC2C3CC=C4CC(O)CCC4(C)C3CCC12C. The van der Waals surface area contributed by atoms with Crippen molar-refractivity contribution in [2.24, 2.45) is 40.4 Å². The van der Waals surface area contributed by atoms with Crippen LogP contribution in [0.15, 0.2) is 11.6 Å². The van der Waals surface area contributed by atoms with Crippen molar-refractivity contribution >= 4 is 5.91 Å². The van der Waals surface area contributed by atoms with E-state index in [1.807, 2.05) is 0 Å². The Morgan fingerprint density at radius 1 is 1.13 bits per heavy atom. The van der Waals surface area contributed by atoms with Gasteiger partial charge in [0.15, 0.2) is 0 Å². The number of aliphatic hydroxyl groups excluding tert-OH is 1. The summed E-state index contributed by atoms with van der Waals surface area (Å²) in [6.45, 7) is 10.1. The van der Waals surface area contributed by atoms with Gasteiger partial charge in [-0.3, -0.25) is 4.79 Å². The van der Waals surface area contributed by atoms with E-state index < -0.39 is 0 Å². The Morgan fingerprint density at radius 3 is 2.67 bits per heavy atom. The molecule has 4 fully saturated rings. The molecule has 0 spiro atoms. The number of morpholine rings is 1. The second kappa shape index (κ2) is 7.62. The van der Waals surface area contributed by atoms with Gasteiger partial charge in [0.25, 0.3) is 0 Å². The lowest BCUT2D eigenvalue weighted by molar-refractivity contribution is -0.144. The fourth-order valence-corrected chi connectivity index (χ4v) is 8.75. The third kappa shape index (κ3) is 3.11. The van der Waals surface area contributed by atoms with E-state index in [1.54, 1.807) is 5.57 Å². The number of carbonyl (C=O) groups excluding carboxylic acids is 1. The van der Waals surface area contributed by atoms with E-state index in [-0.39, 0.29) is 12.0 Å². The molecule has 4 nitrogen and oxygen atoms in total. The van der Waals surface area contributed by atoms with Gasteiger partial charge in [0, 0.05) is 19.0 Å². The summed E-state index contributed by atoms with van der Waals surface area (Å²) in [5.74, 6) is 3.31. The average molecular weight is 416 g/mol. The van der Waals surface area contributed by atoms with Crippen LogP contribution < -0.4 is 0 Å². The van der Waals surface area contributed by atoms with Crippen molar-refractivity contribution in [1.29, 1.82) is 0 Å². The topological polar surface area (TPSA) is 49.8 Å². The van der Waals surface area contributed by atoms with E-state index in [2.05, 4.69) is 31.7 Å². The first-order valence-corrected chi connectivity index (χ1v) is 12.6. The predicted octanol–water partition coefficient (Wildman–Crippen LogP) is 4.42. The highest BCUT2D eigenvalue weighted by molar-refractivity contribution is 5.79. The maximum Gasteiger partial charge on any atom is 0.225 e. The third-order valence-electron chi connectivity index (χ3n) is 10.5. The maximum absolute atomic E-state index is 13.3. The van der Waals surface area contributed by atoms with Gasteiger partial charge in [0.05, 0.1) is 19.3 Å². The van der Waals surface area contributed by atoms with E-state index in [4.69, 9.17) is 4.74 Å². The normalized spacial score (nSPS) is 47.0. The van der Waals surface area contributed by atoms with Crippen molar-refractivity contribution in [2.45, 2.75) is 78.2 Å². The van der Waals surface area contributed by atoms with Gasteiger partial charge < -0.3 is 14.7 Å². The highest BCUT2D eigenvalue weighted by Crippen LogP contribution is 2.67. The maximum atomic E-state index is 13.3. The van der Waals surface area contributed by atoms with Gasteiger partial charge in [-0.05, 0) is 85.9 Å². The van der Waals surface area contributed by atoms with Crippen LogP contribution >= 0.6 is 0 Å². The molecule has 4 aliphatic carbocycles. The minimum absolute atomic E-state index is 0.127. The molecular formula is C26H41NO3. The number of amides is 1. The Labute approximate surface area is 182 Å². The molecule has 30 heavy (non-hydrogen) atoms. The lowest BCUT2D eigenvalue weighted by Gasteiger charge is -2.58. The number of fused-ring (bicyclic) bond motifs is 5. The molecule has 0 aromatic heterocycles. The molecular weight excluding hydrogens is 374 g/mol. The fourth-order valence-electron chi connectivity index (χ4n) is 8.75. The molecule has 3 saturated carbocycles. The van der Waals surface area contributed by atoms with Crippen LogP contribution in [0.4, 0.5) is 0 Å². The van der Waals surface area contributed by atoms with Crippen LogP contribution in [0, 0.1) is 40.4 Å². The van der Waals surface area contributed by atoms with E-state index in [0.717, 1.165) is 50.1 Å². The first-order valence-electron chi connectivity index (χ1n) is 12.6. The zero-order valence-corrected chi connectivity index (χ0v) is 19.2. The number of hydrogen-bond donors (Lipinski definition) is 1. The van der Waals surface area contributed by atoms with Crippen molar-refractivity contribution in [3.05, 3.63) is 11.6 Å². The van der Waals surface area contributed by atoms with E-state index in [0.29, 0.717) is 35.9 Å². The highest BCUT2D eigenvalue weighted by atomic mass is 16.5. The average Bonchev–Trinajstić information content (AvgIpc) is 3.11. The second-order valence-corrected chi connectivity index (χ2v) is 11.6. The summed E-state index contributed by atoms with van der Waals surface area (Å²) in [7, 11) is 0. The van der Waals surface area contributed by atoms with Crippen LogP contribution in [0.2, 0.25) is 0 Å². The Balaban J connectivity index is 1.36. The zero-order chi connectivity index (χ0) is 21.1. The van der Waals surface area contributed by atoms with Gasteiger partial charge in [0.2, 0.25) is 5.91 Å². The van der Waals surface area contributed by atoms with E-state index in [1.165, 1.54) is 32.1 Å². The summed E-state index contributed by atoms with van der Waals surface area (Å²) in [5, 5.41) is 10.2. The van der Waals surface area contributed by atoms with Crippen LogP contribution in [0.25, 0.3) is 0 Å². The lowest BCUT2D eigenvalue weighted by Crippen LogP contribution is -2.52. The van der Waals surface area contributed by atoms with Crippen molar-refractivity contribution in [1.82, 2.24) is 4.90 Å². The van der Waals surface area contributed by atoms with E-state index >= 15 is 0 Å². The van der Waals surface area contributed by atoms with Crippen LogP contribution in [0.3, 0.4) is 0 Å². The highest BCUT2D eigenvalue weighted by Gasteiger charge is 2.59. The molecule has 1 aliphatic heterocycles. The molecule has 1 N–H and O–H groups in total. The number of rotatable bonds is 2. The van der Waals surface area contributed by atoms with Crippen LogP contribution in [-0.2, 0) is 9.53 Å². The van der Waals surface area contributed by atoms with Gasteiger partial charge in [-0.1, -0.05) is 32.4 Å². The van der Waals surface area contributed by atoms with Gasteiger partial charge in [-0.2, -0.15) is 0 Å². The van der Waals surface area contributed by atoms with Gasteiger partial charge >= 0.3 is 0 Å². The molecule has 1 amide bonds. The Kier molecular flexibility index (Phi) is 5.33. The number of hydrogen-bond acceptors (Lipinski definition) is 3. The largest absolute Gasteiger partial charge is 0.393 e. The van der Waals surface area contributed by atoms with Gasteiger partial charge in [-0.15, -0.1) is 0 Å². The fraction of sp³-hybridized carbons (Fsp3) is 0.885. The molecule has 1 saturated heterocycles. The molecule has 1 heterocycles. The molecule has 8 unspecified atom stereocenters. The minimum atomic E-state index is -0.127. The molecule has 5 aliphatic rings. The summed E-state index contributed by atoms with van der Waals surface area (Å²) in [5.41, 5.74) is 2.16. The van der Waals surface area contributed by atoms with Crippen molar-refractivity contribution in [3.8, 4) is 0 Å². The Morgan fingerprint density at radius 2 is 1.90 bits per heavy atom. The number of nitrogens with zero attached hydrogens (tertiary/aromatic N) is 1. The van der Waals surface area contributed by atoms with Crippen molar-refractivity contribution in [3.63, 3.8) is 0 Å². The summed E-state index contributed by atoms with van der Waals surface area (Å²) in [6.07, 6.45) is 11.7. The van der Waals surface area contributed by atoms with Gasteiger partial charge in [-0.25, -0.2) is 0 Å². The molecule has 5 rings (SSSR count). The standard InChI is InChI=1S/C26H41NO3/c1-17(24(29)27-12-14-30-15-13-27)21-6-7-22-20-5-4-18-16-19(28)8-10-25(18,2)23(20)9-11-26(21,22)3/h4,17,19-23,28H,5-16H2,1-3H3.